The molecule has 1 amide bonds. The van der Waals surface area contributed by atoms with Crippen molar-refractivity contribution in [2.75, 3.05) is 31.6 Å². The maximum atomic E-state index is 13.0. The van der Waals surface area contributed by atoms with Crippen LogP contribution in [-0.2, 0) is 10.3 Å². The molecule has 154 valence electrons. The summed E-state index contributed by atoms with van der Waals surface area (Å²) >= 11 is 0. The van der Waals surface area contributed by atoms with Crippen LogP contribution in [-0.4, -0.2) is 42.1 Å². The van der Waals surface area contributed by atoms with Gasteiger partial charge in [-0.15, -0.1) is 0 Å². The van der Waals surface area contributed by atoms with Crippen molar-refractivity contribution in [2.45, 2.75) is 25.3 Å². The summed E-state index contributed by atoms with van der Waals surface area (Å²) in [6.07, 6.45) is 2.25. The van der Waals surface area contributed by atoms with E-state index in [-0.39, 0.29) is 17.0 Å². The van der Waals surface area contributed by atoms with Gasteiger partial charge in [0.1, 0.15) is 0 Å². The van der Waals surface area contributed by atoms with Gasteiger partial charge in [-0.1, -0.05) is 12.1 Å². The van der Waals surface area contributed by atoms with E-state index in [1.807, 2.05) is 43.3 Å². The molecule has 2 N–H and O–H groups in total. The molecule has 0 bridgehead atoms. The number of hydrogen-bond donors (Lipinski definition) is 2. The van der Waals surface area contributed by atoms with E-state index in [1.165, 1.54) is 5.56 Å². The third-order valence-electron chi connectivity index (χ3n) is 6.31. The number of aryl methyl sites for hydroxylation is 1. The predicted molar refractivity (Wildman–Crippen MR) is 117 cm³/mol. The monoisotopic (exact) mass is 403 g/mol. The molecule has 1 aliphatic heterocycles. The number of morpholine rings is 1. The van der Waals surface area contributed by atoms with Crippen LogP contribution in [0.25, 0.3) is 10.9 Å². The normalized spacial score (nSPS) is 18.3. The zero-order chi connectivity index (χ0) is 20.7. The van der Waals surface area contributed by atoms with Crippen LogP contribution < -0.4 is 10.9 Å². The molecule has 0 spiro atoms. The number of carbonyl (C=O) groups is 1. The highest BCUT2D eigenvalue weighted by molar-refractivity contribution is 6.05. The molecule has 1 aliphatic carbocycles. The van der Waals surface area contributed by atoms with E-state index >= 15 is 0 Å². The first-order chi connectivity index (χ1) is 14.5. The summed E-state index contributed by atoms with van der Waals surface area (Å²) in [6.45, 7) is 5.32. The Balaban J connectivity index is 1.39. The Hall–Kier alpha value is -2.96. The largest absolute Gasteiger partial charge is 0.379 e. The van der Waals surface area contributed by atoms with Gasteiger partial charge in [-0.05, 0) is 61.2 Å². The van der Waals surface area contributed by atoms with E-state index in [9.17, 15) is 9.59 Å². The molecule has 2 fully saturated rings. The molecule has 6 heteroatoms. The second-order valence-corrected chi connectivity index (χ2v) is 8.24. The molecule has 2 aromatic carbocycles. The van der Waals surface area contributed by atoms with E-state index in [0.29, 0.717) is 11.3 Å². The second kappa shape index (κ2) is 7.38. The highest BCUT2D eigenvalue weighted by Crippen LogP contribution is 2.51. The third-order valence-corrected chi connectivity index (χ3v) is 6.31. The summed E-state index contributed by atoms with van der Waals surface area (Å²) in [5.74, 6) is -0.129. The van der Waals surface area contributed by atoms with Crippen molar-refractivity contribution in [3.05, 3.63) is 75.6 Å². The Morgan fingerprint density at radius 2 is 1.90 bits per heavy atom. The summed E-state index contributed by atoms with van der Waals surface area (Å²) in [6, 6.07) is 15.1. The quantitative estimate of drug-likeness (QED) is 0.700. The van der Waals surface area contributed by atoms with Crippen LogP contribution in [0.15, 0.2) is 53.3 Å². The van der Waals surface area contributed by atoms with E-state index in [2.05, 4.69) is 21.3 Å². The van der Waals surface area contributed by atoms with Crippen LogP contribution >= 0.6 is 0 Å². The lowest BCUT2D eigenvalue weighted by Crippen LogP contribution is -2.43. The number of carbonyl (C=O) groups excluding carboxylic acids is 1. The van der Waals surface area contributed by atoms with E-state index in [4.69, 9.17) is 4.74 Å². The maximum Gasteiger partial charge on any atom is 0.255 e. The molecular weight excluding hydrogens is 378 g/mol. The van der Waals surface area contributed by atoms with Crippen LogP contribution in [0.3, 0.4) is 0 Å². The molecule has 5 rings (SSSR count). The molecule has 2 heterocycles. The van der Waals surface area contributed by atoms with Gasteiger partial charge in [0.05, 0.1) is 13.2 Å². The molecule has 1 saturated heterocycles. The highest BCUT2D eigenvalue weighted by Gasteiger charge is 2.49. The van der Waals surface area contributed by atoms with Crippen molar-refractivity contribution in [2.24, 2.45) is 0 Å². The van der Waals surface area contributed by atoms with Gasteiger partial charge in [0, 0.05) is 46.8 Å². The second-order valence-electron chi connectivity index (χ2n) is 8.24. The zero-order valence-corrected chi connectivity index (χ0v) is 17.0. The van der Waals surface area contributed by atoms with Gasteiger partial charge in [-0.3, -0.25) is 14.5 Å². The molecule has 3 aromatic rings. The maximum absolute atomic E-state index is 13.0. The first-order valence-electron chi connectivity index (χ1n) is 10.4. The molecule has 1 saturated carbocycles. The number of aromatic nitrogens is 1. The van der Waals surface area contributed by atoms with Crippen molar-refractivity contribution < 1.29 is 9.53 Å². The fourth-order valence-electron chi connectivity index (χ4n) is 4.55. The number of H-pyrrole nitrogens is 1. The highest BCUT2D eigenvalue weighted by atomic mass is 16.5. The minimum absolute atomic E-state index is 0.0615. The van der Waals surface area contributed by atoms with Crippen LogP contribution in [0.1, 0.15) is 34.3 Å². The third kappa shape index (κ3) is 3.42. The summed E-state index contributed by atoms with van der Waals surface area (Å²) in [4.78, 5) is 29.9. The fourth-order valence-corrected chi connectivity index (χ4v) is 4.55. The van der Waals surface area contributed by atoms with Crippen molar-refractivity contribution in [1.29, 1.82) is 0 Å². The standard InChI is InChI=1S/C24H25N3O3/c1-16-13-22(28)26-21-6-5-19(15-20(16)21)25-23(29)17-3-2-4-18(14-17)24(7-8-24)27-9-11-30-12-10-27/h2-6,13-15H,7-12H2,1H3,(H,25,29)(H,26,28). The number of ether oxygens (including phenoxy) is 1. The van der Waals surface area contributed by atoms with Crippen LogP contribution in [0.4, 0.5) is 5.69 Å². The molecule has 1 aromatic heterocycles. The van der Waals surface area contributed by atoms with E-state index < -0.39 is 0 Å². The zero-order valence-electron chi connectivity index (χ0n) is 17.0. The lowest BCUT2D eigenvalue weighted by Gasteiger charge is -2.35. The molecular formula is C24H25N3O3. The summed E-state index contributed by atoms with van der Waals surface area (Å²) < 4.78 is 5.51. The van der Waals surface area contributed by atoms with Crippen molar-refractivity contribution in [3.63, 3.8) is 0 Å². The Bertz CT molecular complexity index is 1170. The summed E-state index contributed by atoms with van der Waals surface area (Å²) in [5.41, 5.74) is 4.17. The lowest BCUT2D eigenvalue weighted by atomic mass is 9.99. The Morgan fingerprint density at radius 3 is 2.67 bits per heavy atom. The molecule has 30 heavy (non-hydrogen) atoms. The number of pyridine rings is 1. The molecule has 0 unspecified atom stereocenters. The average molecular weight is 403 g/mol. The van der Waals surface area contributed by atoms with E-state index in [1.54, 1.807) is 6.07 Å². The summed E-state index contributed by atoms with van der Waals surface area (Å²) in [5, 5.41) is 3.93. The van der Waals surface area contributed by atoms with Crippen LogP contribution in [0.2, 0.25) is 0 Å². The number of fused-ring (bicyclic) bond motifs is 1. The number of nitrogens with one attached hydrogen (secondary N) is 2. The number of amides is 1. The average Bonchev–Trinajstić information content (AvgIpc) is 3.57. The molecule has 6 nitrogen and oxygen atoms in total. The Morgan fingerprint density at radius 1 is 1.10 bits per heavy atom. The van der Waals surface area contributed by atoms with Crippen LogP contribution in [0.5, 0.6) is 0 Å². The molecule has 0 radical (unpaired) electrons. The Kier molecular flexibility index (Phi) is 4.68. The van der Waals surface area contributed by atoms with Crippen LogP contribution in [0, 0.1) is 6.92 Å². The minimum Gasteiger partial charge on any atom is -0.379 e. The van der Waals surface area contributed by atoms with Gasteiger partial charge in [-0.2, -0.15) is 0 Å². The number of benzene rings is 2. The fraction of sp³-hybridized carbons (Fsp3) is 0.333. The SMILES string of the molecule is Cc1cc(=O)[nH]c2ccc(NC(=O)c3cccc(C4(N5CCOCC5)CC4)c3)cc12. The first kappa shape index (κ1) is 19.0. The predicted octanol–water partition coefficient (Wildman–Crippen LogP) is 3.41. The van der Waals surface area contributed by atoms with Gasteiger partial charge < -0.3 is 15.0 Å². The summed E-state index contributed by atoms with van der Waals surface area (Å²) in [7, 11) is 0. The number of nitrogens with zero attached hydrogens (tertiary/aromatic N) is 1. The smallest absolute Gasteiger partial charge is 0.255 e. The van der Waals surface area contributed by atoms with Gasteiger partial charge in [-0.25, -0.2) is 0 Å². The Labute approximate surface area is 174 Å². The van der Waals surface area contributed by atoms with Gasteiger partial charge in [0.15, 0.2) is 0 Å². The van der Waals surface area contributed by atoms with Gasteiger partial charge in [0.25, 0.3) is 5.91 Å². The number of anilines is 1. The molecule has 0 atom stereocenters. The molecule has 2 aliphatic rings. The number of rotatable bonds is 4. The van der Waals surface area contributed by atoms with E-state index in [0.717, 1.165) is 55.6 Å². The number of aromatic amines is 1. The van der Waals surface area contributed by atoms with Crippen molar-refractivity contribution in [1.82, 2.24) is 9.88 Å². The van der Waals surface area contributed by atoms with Crippen molar-refractivity contribution >= 4 is 22.5 Å². The first-order valence-corrected chi connectivity index (χ1v) is 10.4. The number of hydrogen-bond acceptors (Lipinski definition) is 4. The van der Waals surface area contributed by atoms with Gasteiger partial charge in [0.2, 0.25) is 5.56 Å². The topological polar surface area (TPSA) is 74.4 Å². The minimum atomic E-state index is -0.129. The van der Waals surface area contributed by atoms with Gasteiger partial charge >= 0.3 is 0 Å². The lowest BCUT2D eigenvalue weighted by molar-refractivity contribution is 0.00834. The van der Waals surface area contributed by atoms with Crippen molar-refractivity contribution in [3.8, 4) is 0 Å².